The lowest BCUT2D eigenvalue weighted by atomic mass is 10.0. The van der Waals surface area contributed by atoms with Crippen molar-refractivity contribution in [2.24, 2.45) is 0 Å². The molecule has 0 aliphatic carbocycles. The summed E-state index contributed by atoms with van der Waals surface area (Å²) in [5, 5.41) is 0. The van der Waals surface area contributed by atoms with E-state index in [4.69, 9.17) is 0 Å². The van der Waals surface area contributed by atoms with E-state index in [9.17, 15) is 0 Å². The minimum absolute atomic E-state index is 0.952. The molecule has 0 bridgehead atoms. The van der Waals surface area contributed by atoms with Crippen LogP contribution in [0.15, 0.2) is 31.4 Å². The summed E-state index contributed by atoms with van der Waals surface area (Å²) in [7, 11) is 0. The molecule has 2 heterocycles. The molecule has 0 atom stereocenters. The molecule has 0 aliphatic heterocycles. The zero-order chi connectivity index (χ0) is 12.1. The Hall–Kier alpha value is -1.90. The molecule has 3 heteroatoms. The summed E-state index contributed by atoms with van der Waals surface area (Å²) in [5.41, 5.74) is 4.70. The van der Waals surface area contributed by atoms with Gasteiger partial charge in [-0.1, -0.05) is 19.6 Å². The van der Waals surface area contributed by atoms with Gasteiger partial charge in [0.05, 0.1) is 6.33 Å². The predicted molar refractivity (Wildman–Crippen MR) is 69.7 cm³/mol. The van der Waals surface area contributed by atoms with E-state index in [0.717, 1.165) is 30.7 Å². The fourth-order valence-electron chi connectivity index (χ4n) is 1.83. The molecule has 0 aromatic carbocycles. The van der Waals surface area contributed by atoms with Gasteiger partial charge in [0, 0.05) is 23.8 Å². The molecule has 2 aromatic rings. The van der Waals surface area contributed by atoms with Crippen molar-refractivity contribution in [3.63, 3.8) is 0 Å². The highest BCUT2D eigenvalue weighted by Gasteiger charge is 2.03. The second-order valence-corrected chi connectivity index (χ2v) is 4.01. The largest absolute Gasteiger partial charge is 0.348 e. The van der Waals surface area contributed by atoms with Crippen molar-refractivity contribution in [1.29, 1.82) is 0 Å². The lowest BCUT2D eigenvalue weighted by molar-refractivity contribution is 0.905. The molecule has 0 saturated heterocycles. The van der Waals surface area contributed by atoms with E-state index in [1.165, 1.54) is 11.1 Å². The van der Waals surface area contributed by atoms with Gasteiger partial charge in [-0.3, -0.25) is 4.98 Å². The molecule has 0 saturated carbocycles. The molecule has 1 N–H and O–H groups in total. The Kier molecular flexibility index (Phi) is 3.70. The number of aryl methyl sites for hydroxylation is 3. The van der Waals surface area contributed by atoms with Crippen LogP contribution in [0.3, 0.4) is 0 Å². The van der Waals surface area contributed by atoms with Crippen LogP contribution in [0.4, 0.5) is 0 Å². The SMILES string of the molecule is C=Cc1cc(CC)ncc1CCc1cnc[nH]1. The van der Waals surface area contributed by atoms with Gasteiger partial charge >= 0.3 is 0 Å². The van der Waals surface area contributed by atoms with Crippen molar-refractivity contribution >= 4 is 6.08 Å². The minimum atomic E-state index is 0.952. The quantitative estimate of drug-likeness (QED) is 0.853. The molecule has 0 unspecified atom stereocenters. The summed E-state index contributed by atoms with van der Waals surface area (Å²) in [6.45, 7) is 5.97. The number of rotatable bonds is 5. The Morgan fingerprint density at radius 1 is 1.35 bits per heavy atom. The van der Waals surface area contributed by atoms with Crippen molar-refractivity contribution in [2.75, 3.05) is 0 Å². The van der Waals surface area contributed by atoms with E-state index < -0.39 is 0 Å². The monoisotopic (exact) mass is 227 g/mol. The third kappa shape index (κ3) is 2.81. The van der Waals surface area contributed by atoms with Crippen molar-refractivity contribution in [2.45, 2.75) is 26.2 Å². The van der Waals surface area contributed by atoms with E-state index in [-0.39, 0.29) is 0 Å². The second-order valence-electron chi connectivity index (χ2n) is 4.01. The van der Waals surface area contributed by atoms with Gasteiger partial charge in [-0.2, -0.15) is 0 Å². The van der Waals surface area contributed by atoms with Crippen LogP contribution in [-0.2, 0) is 19.3 Å². The maximum Gasteiger partial charge on any atom is 0.0921 e. The number of nitrogens with one attached hydrogen (secondary N) is 1. The molecular formula is C14H17N3. The molecule has 0 amide bonds. The van der Waals surface area contributed by atoms with Crippen LogP contribution in [0, 0.1) is 0 Å². The van der Waals surface area contributed by atoms with Crippen molar-refractivity contribution < 1.29 is 0 Å². The maximum absolute atomic E-state index is 4.43. The molecular weight excluding hydrogens is 210 g/mol. The highest BCUT2D eigenvalue weighted by molar-refractivity contribution is 5.51. The van der Waals surface area contributed by atoms with E-state index in [1.54, 1.807) is 6.33 Å². The summed E-state index contributed by atoms with van der Waals surface area (Å²) in [6, 6.07) is 2.12. The van der Waals surface area contributed by atoms with Crippen molar-refractivity contribution in [3.05, 3.63) is 53.9 Å². The second kappa shape index (κ2) is 5.43. The maximum atomic E-state index is 4.43. The lowest BCUT2D eigenvalue weighted by Gasteiger charge is -2.06. The Morgan fingerprint density at radius 3 is 2.88 bits per heavy atom. The van der Waals surface area contributed by atoms with E-state index in [0.29, 0.717) is 0 Å². The molecule has 3 nitrogen and oxygen atoms in total. The number of aromatic nitrogens is 3. The standard InChI is InChI=1S/C14H17N3/c1-3-11-7-13(4-2)16-8-12(11)5-6-14-9-15-10-17-14/h3,7-10H,1,4-6H2,2H3,(H,15,17). The molecule has 0 aliphatic rings. The average Bonchev–Trinajstić information content (AvgIpc) is 2.89. The zero-order valence-corrected chi connectivity index (χ0v) is 10.1. The Morgan fingerprint density at radius 2 is 2.24 bits per heavy atom. The van der Waals surface area contributed by atoms with Crippen LogP contribution in [0.2, 0.25) is 0 Å². The number of imidazole rings is 1. The number of pyridine rings is 1. The van der Waals surface area contributed by atoms with Gasteiger partial charge in [0.2, 0.25) is 0 Å². The molecule has 88 valence electrons. The topological polar surface area (TPSA) is 41.6 Å². The summed E-state index contributed by atoms with van der Waals surface area (Å²) >= 11 is 0. The minimum Gasteiger partial charge on any atom is -0.348 e. The van der Waals surface area contributed by atoms with Gasteiger partial charge in [0.15, 0.2) is 0 Å². The van der Waals surface area contributed by atoms with Gasteiger partial charge in [-0.25, -0.2) is 4.98 Å². The number of hydrogen-bond acceptors (Lipinski definition) is 2. The van der Waals surface area contributed by atoms with Crippen LogP contribution < -0.4 is 0 Å². The Bertz CT molecular complexity index is 486. The highest BCUT2D eigenvalue weighted by atomic mass is 14.9. The first-order valence-corrected chi connectivity index (χ1v) is 5.91. The first-order valence-electron chi connectivity index (χ1n) is 5.91. The normalized spacial score (nSPS) is 10.4. The fraction of sp³-hybridized carbons (Fsp3) is 0.286. The summed E-state index contributed by atoms with van der Waals surface area (Å²) in [5.74, 6) is 0. The van der Waals surface area contributed by atoms with Crippen molar-refractivity contribution in [3.8, 4) is 0 Å². The molecule has 2 rings (SSSR count). The van der Waals surface area contributed by atoms with Gasteiger partial charge < -0.3 is 4.98 Å². The number of aromatic amines is 1. The smallest absolute Gasteiger partial charge is 0.0921 e. The van der Waals surface area contributed by atoms with Gasteiger partial charge in [0.25, 0.3) is 0 Å². The first-order chi connectivity index (χ1) is 8.33. The van der Waals surface area contributed by atoms with Crippen LogP contribution in [0.5, 0.6) is 0 Å². The lowest BCUT2D eigenvalue weighted by Crippen LogP contribution is -1.98. The van der Waals surface area contributed by atoms with Crippen LogP contribution in [-0.4, -0.2) is 15.0 Å². The first kappa shape index (κ1) is 11.6. The third-order valence-corrected chi connectivity index (χ3v) is 2.88. The van der Waals surface area contributed by atoms with Gasteiger partial charge in [0.1, 0.15) is 0 Å². The Balaban J connectivity index is 2.12. The molecule has 17 heavy (non-hydrogen) atoms. The van der Waals surface area contributed by atoms with Crippen LogP contribution >= 0.6 is 0 Å². The zero-order valence-electron chi connectivity index (χ0n) is 10.1. The molecule has 2 aromatic heterocycles. The van der Waals surface area contributed by atoms with E-state index in [1.807, 2.05) is 18.5 Å². The third-order valence-electron chi connectivity index (χ3n) is 2.88. The average molecular weight is 227 g/mol. The summed E-state index contributed by atoms with van der Waals surface area (Å²) in [6.07, 6.45) is 10.3. The summed E-state index contributed by atoms with van der Waals surface area (Å²) < 4.78 is 0. The highest BCUT2D eigenvalue weighted by Crippen LogP contribution is 2.14. The van der Waals surface area contributed by atoms with Crippen LogP contribution in [0.1, 0.15) is 29.4 Å². The summed E-state index contributed by atoms with van der Waals surface area (Å²) in [4.78, 5) is 11.6. The van der Waals surface area contributed by atoms with Gasteiger partial charge in [-0.05, 0) is 36.5 Å². The predicted octanol–water partition coefficient (Wildman–Crippen LogP) is 2.80. The van der Waals surface area contributed by atoms with E-state index in [2.05, 4.69) is 34.5 Å². The number of H-pyrrole nitrogens is 1. The molecule has 0 radical (unpaired) electrons. The molecule has 0 spiro atoms. The number of nitrogens with zero attached hydrogens (tertiary/aromatic N) is 2. The Labute approximate surface area is 102 Å². The van der Waals surface area contributed by atoms with Gasteiger partial charge in [-0.15, -0.1) is 0 Å². The van der Waals surface area contributed by atoms with Crippen LogP contribution in [0.25, 0.3) is 6.08 Å². The molecule has 0 fully saturated rings. The van der Waals surface area contributed by atoms with Crippen molar-refractivity contribution in [1.82, 2.24) is 15.0 Å². The van der Waals surface area contributed by atoms with E-state index >= 15 is 0 Å². The fourth-order valence-corrected chi connectivity index (χ4v) is 1.83. The number of hydrogen-bond donors (Lipinski definition) is 1.